The molecule has 2 fully saturated rings. The smallest absolute Gasteiger partial charge is 0.254 e. The fraction of sp³-hybridized carbons (Fsp3) is 0.524. The molecule has 2 amide bonds. The van der Waals surface area contributed by atoms with Crippen LogP contribution in [0.5, 0.6) is 0 Å². The van der Waals surface area contributed by atoms with Gasteiger partial charge in [0, 0.05) is 24.3 Å². The molecular weight excluding hydrogens is 328 g/mol. The number of allylic oxidation sites excluding steroid dienone is 2. The molecule has 5 heteroatoms. The number of morpholine rings is 1. The van der Waals surface area contributed by atoms with Crippen LogP contribution in [0.1, 0.15) is 38.1 Å². The Balaban J connectivity index is 1.62. The van der Waals surface area contributed by atoms with E-state index >= 15 is 0 Å². The first-order valence-electron chi connectivity index (χ1n) is 9.23. The van der Waals surface area contributed by atoms with Gasteiger partial charge >= 0.3 is 0 Å². The van der Waals surface area contributed by atoms with Crippen molar-refractivity contribution in [3.63, 3.8) is 0 Å². The first kappa shape index (κ1) is 18.6. The van der Waals surface area contributed by atoms with E-state index in [0.717, 1.165) is 5.69 Å². The van der Waals surface area contributed by atoms with Crippen LogP contribution in [0.2, 0.25) is 0 Å². The van der Waals surface area contributed by atoms with Gasteiger partial charge in [-0.2, -0.15) is 0 Å². The highest BCUT2D eigenvalue weighted by Crippen LogP contribution is 2.59. The third-order valence-electron chi connectivity index (χ3n) is 5.40. The molecule has 2 atom stereocenters. The Morgan fingerprint density at radius 3 is 2.35 bits per heavy atom. The fourth-order valence-corrected chi connectivity index (χ4v) is 3.71. The number of carbonyl (C=O) groups is 2. The minimum atomic E-state index is -0.00735. The van der Waals surface area contributed by atoms with Gasteiger partial charge in [0.2, 0.25) is 5.91 Å². The predicted octanol–water partition coefficient (Wildman–Crippen LogP) is 3.34. The summed E-state index contributed by atoms with van der Waals surface area (Å²) in [5, 5.41) is 3.00. The number of benzene rings is 1. The number of carbonyl (C=O) groups excluding carboxylic acids is 2. The van der Waals surface area contributed by atoms with E-state index in [1.165, 1.54) is 5.57 Å². The maximum absolute atomic E-state index is 12.6. The second kappa shape index (κ2) is 7.23. The number of hydrogen-bond acceptors (Lipinski definition) is 3. The van der Waals surface area contributed by atoms with Gasteiger partial charge in [0.1, 0.15) is 0 Å². The summed E-state index contributed by atoms with van der Waals surface area (Å²) in [6.07, 6.45) is 2.19. The molecule has 0 unspecified atom stereocenters. The Morgan fingerprint density at radius 2 is 1.77 bits per heavy atom. The molecule has 0 aromatic heterocycles. The number of nitrogens with one attached hydrogen (secondary N) is 1. The molecule has 26 heavy (non-hydrogen) atoms. The van der Waals surface area contributed by atoms with Crippen LogP contribution in [-0.2, 0) is 9.53 Å². The van der Waals surface area contributed by atoms with E-state index in [-0.39, 0.29) is 29.1 Å². The maximum Gasteiger partial charge on any atom is 0.254 e. The maximum atomic E-state index is 12.6. The zero-order valence-corrected chi connectivity index (χ0v) is 16.0. The summed E-state index contributed by atoms with van der Waals surface area (Å²) in [6, 6.07) is 7.16. The summed E-state index contributed by atoms with van der Waals surface area (Å²) < 4.78 is 5.28. The standard InChI is InChI=1S/C21H28N2O3/c1-14(2)13-17-18(21(17,3)4)19(24)22-16-7-5-15(6-8-16)20(25)23-9-11-26-12-10-23/h5-8,13,17-18H,9-12H2,1-4H3,(H,22,24)/t17-,18+/m1/s1. The first-order valence-corrected chi connectivity index (χ1v) is 9.23. The van der Waals surface area contributed by atoms with Crippen molar-refractivity contribution < 1.29 is 14.3 Å². The SMILES string of the molecule is CC(C)=C[C@@H]1[C@@H](C(=O)Nc2ccc(C(=O)N3CCOCC3)cc2)C1(C)C. The molecule has 2 aliphatic rings. The number of amides is 2. The van der Waals surface area contributed by atoms with E-state index in [2.05, 4.69) is 39.1 Å². The molecule has 1 saturated heterocycles. The van der Waals surface area contributed by atoms with E-state index in [0.29, 0.717) is 31.9 Å². The van der Waals surface area contributed by atoms with Crippen molar-refractivity contribution >= 4 is 17.5 Å². The van der Waals surface area contributed by atoms with Crippen LogP contribution in [0.4, 0.5) is 5.69 Å². The lowest BCUT2D eigenvalue weighted by atomic mass is 10.1. The minimum absolute atomic E-state index is 0.00636. The lowest BCUT2D eigenvalue weighted by Crippen LogP contribution is -2.40. The summed E-state index contributed by atoms with van der Waals surface area (Å²) in [4.78, 5) is 26.9. The lowest BCUT2D eigenvalue weighted by Gasteiger charge is -2.26. The second-order valence-electron chi connectivity index (χ2n) is 8.04. The normalized spacial score (nSPS) is 23.9. The minimum Gasteiger partial charge on any atom is -0.378 e. The monoisotopic (exact) mass is 356 g/mol. The number of rotatable bonds is 4. The molecule has 140 valence electrons. The highest BCUT2D eigenvalue weighted by Gasteiger charge is 2.60. The molecular formula is C21H28N2O3. The average Bonchev–Trinajstić information content (AvgIpc) is 3.15. The summed E-state index contributed by atoms with van der Waals surface area (Å²) in [5.41, 5.74) is 2.60. The highest BCUT2D eigenvalue weighted by molar-refractivity contribution is 5.97. The van der Waals surface area contributed by atoms with E-state index in [9.17, 15) is 9.59 Å². The van der Waals surface area contributed by atoms with Crippen molar-refractivity contribution in [2.75, 3.05) is 31.6 Å². The highest BCUT2D eigenvalue weighted by atomic mass is 16.5. The van der Waals surface area contributed by atoms with E-state index in [4.69, 9.17) is 4.74 Å². The molecule has 1 saturated carbocycles. The van der Waals surface area contributed by atoms with E-state index < -0.39 is 0 Å². The molecule has 0 bridgehead atoms. The number of hydrogen-bond donors (Lipinski definition) is 1. The van der Waals surface area contributed by atoms with Crippen LogP contribution in [0.25, 0.3) is 0 Å². The van der Waals surface area contributed by atoms with Gasteiger partial charge in [-0.05, 0) is 49.4 Å². The zero-order chi connectivity index (χ0) is 18.9. The van der Waals surface area contributed by atoms with Crippen molar-refractivity contribution in [1.82, 2.24) is 4.90 Å². The molecule has 1 aliphatic carbocycles. The van der Waals surface area contributed by atoms with Gasteiger partial charge in [-0.3, -0.25) is 9.59 Å². The van der Waals surface area contributed by atoms with Crippen LogP contribution < -0.4 is 5.32 Å². The molecule has 5 nitrogen and oxygen atoms in total. The fourth-order valence-electron chi connectivity index (χ4n) is 3.71. The van der Waals surface area contributed by atoms with Gasteiger partial charge in [-0.15, -0.1) is 0 Å². The molecule has 0 spiro atoms. The zero-order valence-electron chi connectivity index (χ0n) is 16.0. The van der Waals surface area contributed by atoms with Crippen LogP contribution in [0.3, 0.4) is 0 Å². The van der Waals surface area contributed by atoms with Gasteiger partial charge in [0.05, 0.1) is 19.1 Å². The Bertz CT molecular complexity index is 711. The lowest BCUT2D eigenvalue weighted by molar-refractivity contribution is -0.118. The summed E-state index contributed by atoms with van der Waals surface area (Å²) in [7, 11) is 0. The third-order valence-corrected chi connectivity index (χ3v) is 5.40. The van der Waals surface area contributed by atoms with Gasteiger partial charge in [-0.1, -0.05) is 25.5 Å². The predicted molar refractivity (Wildman–Crippen MR) is 102 cm³/mol. The largest absolute Gasteiger partial charge is 0.378 e. The topological polar surface area (TPSA) is 58.6 Å². The van der Waals surface area contributed by atoms with Crippen molar-refractivity contribution in [1.29, 1.82) is 0 Å². The molecule has 1 aromatic rings. The van der Waals surface area contributed by atoms with E-state index in [1.54, 1.807) is 29.2 Å². The van der Waals surface area contributed by atoms with Crippen LogP contribution >= 0.6 is 0 Å². The van der Waals surface area contributed by atoms with Crippen molar-refractivity contribution in [2.24, 2.45) is 17.3 Å². The number of anilines is 1. The summed E-state index contributed by atoms with van der Waals surface area (Å²) in [5.74, 6) is 0.338. The Morgan fingerprint density at radius 1 is 1.15 bits per heavy atom. The molecule has 1 heterocycles. The molecule has 1 N–H and O–H groups in total. The average molecular weight is 356 g/mol. The quantitative estimate of drug-likeness (QED) is 0.842. The number of ether oxygens (including phenoxy) is 1. The van der Waals surface area contributed by atoms with Gasteiger partial charge in [0.15, 0.2) is 0 Å². The van der Waals surface area contributed by atoms with Crippen molar-refractivity contribution in [2.45, 2.75) is 27.7 Å². The molecule has 1 aromatic carbocycles. The third kappa shape index (κ3) is 3.83. The van der Waals surface area contributed by atoms with E-state index in [1.807, 2.05) is 0 Å². The Hall–Kier alpha value is -2.14. The number of nitrogens with zero attached hydrogens (tertiary/aromatic N) is 1. The summed E-state index contributed by atoms with van der Waals surface area (Å²) >= 11 is 0. The van der Waals surface area contributed by atoms with Crippen LogP contribution in [0.15, 0.2) is 35.9 Å². The van der Waals surface area contributed by atoms with Gasteiger partial charge in [-0.25, -0.2) is 0 Å². The van der Waals surface area contributed by atoms with Gasteiger partial charge < -0.3 is 15.0 Å². The molecule has 3 rings (SSSR count). The Kier molecular flexibility index (Phi) is 5.19. The van der Waals surface area contributed by atoms with Crippen molar-refractivity contribution in [3.8, 4) is 0 Å². The van der Waals surface area contributed by atoms with Gasteiger partial charge in [0.25, 0.3) is 5.91 Å². The van der Waals surface area contributed by atoms with Crippen molar-refractivity contribution in [3.05, 3.63) is 41.5 Å². The molecule has 0 radical (unpaired) electrons. The van der Waals surface area contributed by atoms with Crippen LogP contribution in [0, 0.1) is 17.3 Å². The summed E-state index contributed by atoms with van der Waals surface area (Å²) in [6.45, 7) is 10.8. The first-order chi connectivity index (χ1) is 12.3. The second-order valence-corrected chi connectivity index (χ2v) is 8.04. The Labute approximate surface area is 155 Å². The van der Waals surface area contributed by atoms with Crippen LogP contribution in [-0.4, -0.2) is 43.0 Å². The molecule has 1 aliphatic heterocycles.